The van der Waals surface area contributed by atoms with Crippen molar-refractivity contribution in [3.05, 3.63) is 31.2 Å². The number of anilines is 2. The number of hydrogen-bond donors (Lipinski definition) is 5. The van der Waals surface area contributed by atoms with E-state index in [2.05, 4.69) is 49.4 Å². The Balaban J connectivity index is 1.15. The lowest BCUT2D eigenvalue weighted by Gasteiger charge is -2.24. The van der Waals surface area contributed by atoms with Crippen LogP contribution < -0.4 is 11.5 Å². The van der Waals surface area contributed by atoms with Gasteiger partial charge >= 0.3 is 13.6 Å². The molecule has 18 nitrogen and oxygen atoms in total. The number of pyridine rings is 1. The highest BCUT2D eigenvalue weighted by molar-refractivity contribution is 8.44. The fourth-order valence-electron chi connectivity index (χ4n) is 4.84. The fourth-order valence-corrected chi connectivity index (χ4v) is 7.27. The number of halogens is 1. The molecule has 0 aromatic carbocycles. The van der Waals surface area contributed by atoms with Crippen LogP contribution in [0.1, 0.15) is 12.5 Å². The quantitative estimate of drug-likeness (QED) is 0.118. The molecule has 2 fully saturated rings. The lowest BCUT2D eigenvalue weighted by atomic mass is 10.1. The van der Waals surface area contributed by atoms with Crippen molar-refractivity contribution < 1.29 is 46.2 Å². The Hall–Kier alpha value is -2.42. The molecule has 9 atom stereocenters. The molecule has 2 aliphatic rings. The van der Waals surface area contributed by atoms with E-state index in [0.717, 1.165) is 7.11 Å². The zero-order valence-electron chi connectivity index (χ0n) is 22.5. The molecular weight excluding hydrogens is 667 g/mol. The van der Waals surface area contributed by atoms with Crippen molar-refractivity contribution in [1.29, 1.82) is 0 Å². The van der Waals surface area contributed by atoms with Gasteiger partial charge in [0.1, 0.15) is 41.8 Å². The molecule has 23 heteroatoms. The van der Waals surface area contributed by atoms with Crippen LogP contribution >= 0.6 is 38.1 Å². The van der Waals surface area contributed by atoms with Gasteiger partial charge in [0.2, 0.25) is 0 Å². The van der Waals surface area contributed by atoms with Crippen LogP contribution in [0.15, 0.2) is 31.2 Å². The van der Waals surface area contributed by atoms with Crippen LogP contribution in [0.2, 0.25) is 0 Å². The number of nitrogens with two attached hydrogens (primary N) is 2. The van der Waals surface area contributed by atoms with E-state index in [-0.39, 0.29) is 23.6 Å². The first-order valence-electron chi connectivity index (χ1n) is 12.7. The third kappa shape index (κ3) is 5.94. The van der Waals surface area contributed by atoms with E-state index in [4.69, 9.17) is 39.0 Å². The third-order valence-corrected chi connectivity index (χ3v) is 10.3. The lowest BCUT2D eigenvalue weighted by molar-refractivity contribution is -0.0472. The largest absolute Gasteiger partial charge is 0.397 e. The fraction of sp³-hybridized carbons (Fsp3) is 0.476. The standard InChI is InChI=1S/C21H26FN9O9P2S2/c1-35-41(33,43)40-16-15(32)11(38-21(16)31-8-29-14-17(24)26-6-27-19(14)31)5-37-42(34,44)39-10-4-36-20(12(10)22)30-7-28-13-9(23)2-3-25-18(13)30/h2-3,6-8,10-12,15-16,20-21,32H,4-5H2,1H3,(H2,23,25)(H,33,43)(H,34,44)(H2,24,26,27)/t10-,11-,12-,15-,16-,20-,21-,41?,42?/m1/s1. The molecule has 4 aromatic heterocycles. The Morgan fingerprint density at radius 3 is 2.50 bits per heavy atom. The number of ether oxygens (including phenoxy) is 2. The predicted molar refractivity (Wildman–Crippen MR) is 157 cm³/mol. The van der Waals surface area contributed by atoms with Crippen LogP contribution in [0.4, 0.5) is 15.9 Å². The van der Waals surface area contributed by atoms with Crippen molar-refractivity contribution in [1.82, 2.24) is 34.1 Å². The van der Waals surface area contributed by atoms with Crippen molar-refractivity contribution in [3.8, 4) is 0 Å². The molecule has 6 heterocycles. The smallest absolute Gasteiger partial charge is 0.386 e. The number of rotatable bonds is 10. The first-order valence-corrected chi connectivity index (χ1v) is 18.1. The summed E-state index contributed by atoms with van der Waals surface area (Å²) < 4.78 is 76.5. The molecule has 0 radical (unpaired) electrons. The van der Waals surface area contributed by atoms with Gasteiger partial charge in [-0.3, -0.25) is 22.7 Å². The monoisotopic (exact) mass is 693 g/mol. The molecule has 4 aromatic rings. The molecule has 0 amide bonds. The van der Waals surface area contributed by atoms with Gasteiger partial charge < -0.3 is 30.6 Å². The van der Waals surface area contributed by atoms with Crippen LogP contribution in [-0.2, 0) is 36.7 Å². The van der Waals surface area contributed by atoms with Gasteiger partial charge in [0, 0.05) is 13.3 Å². The number of imidazole rings is 2. The zero-order chi connectivity index (χ0) is 31.4. The van der Waals surface area contributed by atoms with Crippen molar-refractivity contribution in [3.63, 3.8) is 0 Å². The summed E-state index contributed by atoms with van der Waals surface area (Å²) in [6, 6.07) is 1.56. The van der Waals surface area contributed by atoms with Crippen LogP contribution in [0.25, 0.3) is 22.3 Å². The third-order valence-electron chi connectivity index (χ3n) is 6.96. The second kappa shape index (κ2) is 12.1. The number of aliphatic hydroxyl groups is 1. The number of aromatic nitrogens is 7. The number of alkyl halides is 1. The summed E-state index contributed by atoms with van der Waals surface area (Å²) in [7, 11) is 1.11. The van der Waals surface area contributed by atoms with E-state index >= 15 is 4.39 Å². The molecule has 2 saturated heterocycles. The molecule has 2 unspecified atom stereocenters. The maximum Gasteiger partial charge on any atom is 0.386 e. The highest BCUT2D eigenvalue weighted by atomic mass is 32.7. The minimum Gasteiger partial charge on any atom is -0.397 e. The molecule has 44 heavy (non-hydrogen) atoms. The van der Waals surface area contributed by atoms with E-state index in [1.807, 2.05) is 0 Å². The number of nitrogen functional groups attached to an aromatic ring is 2. The molecular formula is C21H26FN9O9P2S2. The van der Waals surface area contributed by atoms with Crippen LogP contribution in [0.3, 0.4) is 0 Å². The highest BCUT2D eigenvalue weighted by Crippen LogP contribution is 2.58. The Morgan fingerprint density at radius 1 is 1.05 bits per heavy atom. The number of hydrogen-bond acceptors (Lipinski definition) is 16. The molecule has 0 aliphatic carbocycles. The average molecular weight is 694 g/mol. The topological polar surface area (TPSA) is 236 Å². The molecule has 238 valence electrons. The predicted octanol–water partition coefficient (Wildman–Crippen LogP) is 2.07. The van der Waals surface area contributed by atoms with E-state index in [9.17, 15) is 14.2 Å². The molecule has 5 N–H and O–H groups in total. The van der Waals surface area contributed by atoms with Gasteiger partial charge in [-0.25, -0.2) is 38.4 Å². The minimum atomic E-state index is -4.28. The summed E-state index contributed by atoms with van der Waals surface area (Å²) in [6.07, 6.45) is -4.46. The maximum absolute atomic E-state index is 15.5. The second-order valence-electron chi connectivity index (χ2n) is 9.66. The van der Waals surface area contributed by atoms with Crippen LogP contribution in [0, 0.1) is 0 Å². The van der Waals surface area contributed by atoms with E-state index in [1.54, 1.807) is 6.07 Å². The van der Waals surface area contributed by atoms with Gasteiger partial charge in [-0.1, -0.05) is 24.5 Å². The van der Waals surface area contributed by atoms with Gasteiger partial charge in [0.05, 0.1) is 31.6 Å². The first kappa shape index (κ1) is 31.6. The van der Waals surface area contributed by atoms with Crippen LogP contribution in [-0.4, -0.2) is 90.1 Å². The Bertz CT molecular complexity index is 1790. The maximum atomic E-state index is 15.5. The molecule has 2 aliphatic heterocycles. The minimum absolute atomic E-state index is 0.0838. The summed E-state index contributed by atoms with van der Waals surface area (Å²) >= 11 is 7.87. The summed E-state index contributed by atoms with van der Waals surface area (Å²) in [5.41, 5.74) is 13.2. The summed E-state index contributed by atoms with van der Waals surface area (Å²) in [5, 5.41) is 11.1. The SMILES string of the molecule is COP(=O)(S)O[C@@H]1[C@H](O)[C@@H](COP(=O)(S)O[C@@H]2CO[C@@H](n3cnc4c(N)ccnc43)[C@@H]2F)O[C@H]1n1cnc2c(N)ncnc21. The zero-order valence-corrected chi connectivity index (χ0v) is 26.1. The van der Waals surface area contributed by atoms with Crippen LogP contribution in [0.5, 0.6) is 0 Å². The number of aliphatic hydroxyl groups excluding tert-OH is 1. The Morgan fingerprint density at radius 2 is 1.75 bits per heavy atom. The van der Waals surface area contributed by atoms with E-state index in [1.165, 1.54) is 34.3 Å². The second-order valence-corrected chi connectivity index (χ2v) is 15.5. The number of thiol groups is 2. The summed E-state index contributed by atoms with van der Waals surface area (Å²) in [4.78, 5) is 20.5. The van der Waals surface area contributed by atoms with Crippen molar-refractivity contribution in [2.75, 3.05) is 31.8 Å². The summed E-state index contributed by atoms with van der Waals surface area (Å²) in [5.74, 6) is 0.0838. The van der Waals surface area contributed by atoms with Crippen molar-refractivity contribution >= 4 is 71.9 Å². The summed E-state index contributed by atoms with van der Waals surface area (Å²) in [6.45, 7) is -9.11. The van der Waals surface area contributed by atoms with Gasteiger partial charge in [-0.05, 0) is 6.07 Å². The Kier molecular flexibility index (Phi) is 8.66. The molecule has 0 spiro atoms. The van der Waals surface area contributed by atoms with Gasteiger partial charge in [-0.2, -0.15) is 0 Å². The van der Waals surface area contributed by atoms with Gasteiger partial charge in [0.25, 0.3) is 0 Å². The Labute approximate surface area is 257 Å². The highest BCUT2D eigenvalue weighted by Gasteiger charge is 2.50. The normalized spacial score (nSPS) is 30.2. The van der Waals surface area contributed by atoms with Crippen molar-refractivity contribution in [2.45, 2.75) is 43.0 Å². The molecule has 0 bridgehead atoms. The van der Waals surface area contributed by atoms with E-state index < -0.39 is 63.2 Å². The van der Waals surface area contributed by atoms with Gasteiger partial charge in [-0.15, -0.1) is 0 Å². The van der Waals surface area contributed by atoms with Crippen molar-refractivity contribution in [2.24, 2.45) is 0 Å². The number of nitrogens with zero attached hydrogens (tertiary/aromatic N) is 7. The number of fused-ring (bicyclic) bond motifs is 2. The average Bonchev–Trinajstić information content (AvgIpc) is 3.75. The lowest BCUT2D eigenvalue weighted by Crippen LogP contribution is -2.35. The van der Waals surface area contributed by atoms with Gasteiger partial charge in [0.15, 0.2) is 35.7 Å². The first-order chi connectivity index (χ1) is 20.9. The van der Waals surface area contributed by atoms with E-state index in [0.29, 0.717) is 16.9 Å². The molecule has 6 rings (SSSR count). The molecule has 0 saturated carbocycles.